The predicted molar refractivity (Wildman–Crippen MR) is 84.6 cm³/mol. The molecule has 122 valence electrons. The van der Waals surface area contributed by atoms with Gasteiger partial charge in [-0.15, -0.1) is 11.8 Å². The van der Waals surface area contributed by atoms with Gasteiger partial charge in [0, 0.05) is 36.1 Å². The van der Waals surface area contributed by atoms with Gasteiger partial charge in [0.1, 0.15) is 5.66 Å². The first-order valence-electron chi connectivity index (χ1n) is 6.85. The summed E-state index contributed by atoms with van der Waals surface area (Å²) < 4.78 is 38.7. The number of aromatic nitrogens is 2. The molecule has 23 heavy (non-hydrogen) atoms. The van der Waals surface area contributed by atoms with Crippen LogP contribution in [0.15, 0.2) is 35.6 Å². The zero-order valence-corrected chi connectivity index (χ0v) is 13.6. The van der Waals surface area contributed by atoms with Crippen molar-refractivity contribution in [2.24, 2.45) is 0 Å². The molecule has 1 N–H and O–H groups in total. The maximum atomic E-state index is 12.9. The Morgan fingerprint density at radius 2 is 2.04 bits per heavy atom. The standard InChI is InChI=1S/C15H15F3N4S/c1-14(10-4-5-19-8-12(10)23-3)21-11-6-9(15(16,17)18)7-20-13(11)22(14)2/h4-8,21H,1-3H3. The third kappa shape index (κ3) is 2.50. The smallest absolute Gasteiger partial charge is 0.356 e. The molecule has 1 aliphatic heterocycles. The minimum atomic E-state index is -4.41. The summed E-state index contributed by atoms with van der Waals surface area (Å²) in [6.07, 6.45) is 1.81. The van der Waals surface area contributed by atoms with Crippen molar-refractivity contribution >= 4 is 23.3 Å². The van der Waals surface area contributed by atoms with Gasteiger partial charge < -0.3 is 10.2 Å². The lowest BCUT2D eigenvalue weighted by atomic mass is 10.0. The van der Waals surface area contributed by atoms with Gasteiger partial charge in [-0.1, -0.05) is 0 Å². The molecule has 4 nitrogen and oxygen atoms in total. The molecule has 0 fully saturated rings. The Morgan fingerprint density at radius 1 is 1.30 bits per heavy atom. The largest absolute Gasteiger partial charge is 0.417 e. The minimum Gasteiger partial charge on any atom is -0.356 e. The summed E-state index contributed by atoms with van der Waals surface area (Å²) in [5.41, 5.74) is -0.148. The molecular formula is C15H15F3N4S. The van der Waals surface area contributed by atoms with Crippen molar-refractivity contribution < 1.29 is 13.2 Å². The monoisotopic (exact) mass is 340 g/mol. The molecule has 0 saturated carbocycles. The summed E-state index contributed by atoms with van der Waals surface area (Å²) >= 11 is 1.54. The molecule has 0 aliphatic carbocycles. The number of fused-ring (bicyclic) bond motifs is 1. The summed E-state index contributed by atoms with van der Waals surface area (Å²) in [6, 6.07) is 2.97. The lowest BCUT2D eigenvalue weighted by Crippen LogP contribution is -2.43. The number of hydrogen-bond donors (Lipinski definition) is 1. The van der Waals surface area contributed by atoms with Crippen molar-refractivity contribution in [3.05, 3.63) is 41.9 Å². The van der Waals surface area contributed by atoms with Crippen LogP contribution < -0.4 is 10.2 Å². The van der Waals surface area contributed by atoms with Crippen molar-refractivity contribution in [2.45, 2.75) is 23.7 Å². The number of hydrogen-bond acceptors (Lipinski definition) is 5. The average molecular weight is 340 g/mol. The van der Waals surface area contributed by atoms with Crippen molar-refractivity contribution in [1.82, 2.24) is 9.97 Å². The maximum absolute atomic E-state index is 12.9. The average Bonchev–Trinajstić information content (AvgIpc) is 2.78. The van der Waals surface area contributed by atoms with E-state index < -0.39 is 17.4 Å². The number of nitrogens with one attached hydrogen (secondary N) is 1. The highest BCUT2D eigenvalue weighted by atomic mass is 32.2. The Morgan fingerprint density at radius 3 is 2.70 bits per heavy atom. The van der Waals surface area contributed by atoms with Gasteiger partial charge in [-0.25, -0.2) is 4.98 Å². The number of pyridine rings is 2. The van der Waals surface area contributed by atoms with E-state index in [1.165, 1.54) is 11.8 Å². The molecule has 0 radical (unpaired) electrons. The third-order valence-corrected chi connectivity index (χ3v) is 4.85. The van der Waals surface area contributed by atoms with Gasteiger partial charge in [0.2, 0.25) is 0 Å². The molecule has 2 aromatic heterocycles. The predicted octanol–water partition coefficient (Wildman–Crippen LogP) is 3.95. The number of halogens is 3. The van der Waals surface area contributed by atoms with E-state index in [0.29, 0.717) is 11.5 Å². The van der Waals surface area contributed by atoms with Crippen LogP contribution in [0.1, 0.15) is 18.1 Å². The molecular weight excluding hydrogens is 325 g/mol. The van der Waals surface area contributed by atoms with Crippen molar-refractivity contribution in [1.29, 1.82) is 0 Å². The fourth-order valence-electron chi connectivity index (χ4n) is 2.72. The van der Waals surface area contributed by atoms with Crippen molar-refractivity contribution in [2.75, 3.05) is 23.5 Å². The van der Waals surface area contributed by atoms with Gasteiger partial charge in [-0.2, -0.15) is 13.2 Å². The highest BCUT2D eigenvalue weighted by Gasteiger charge is 2.42. The Bertz CT molecular complexity index is 750. The normalized spacial score (nSPS) is 20.3. The van der Waals surface area contributed by atoms with Gasteiger partial charge in [-0.05, 0) is 25.3 Å². The van der Waals surface area contributed by atoms with E-state index in [0.717, 1.165) is 22.7 Å². The third-order valence-electron chi connectivity index (χ3n) is 4.09. The van der Waals surface area contributed by atoms with E-state index >= 15 is 0 Å². The SMILES string of the molecule is CSc1cnccc1C1(C)Nc2cc(C(F)(F)F)cnc2N1C. The number of nitrogens with zero attached hydrogens (tertiary/aromatic N) is 3. The fraction of sp³-hybridized carbons (Fsp3) is 0.333. The van der Waals surface area contributed by atoms with Crippen LogP contribution in [0.25, 0.3) is 0 Å². The van der Waals surface area contributed by atoms with Gasteiger partial charge in [-0.3, -0.25) is 4.98 Å². The molecule has 1 aliphatic rings. The summed E-state index contributed by atoms with van der Waals surface area (Å²) in [7, 11) is 1.81. The van der Waals surface area contributed by atoms with Crippen LogP contribution in [0.3, 0.4) is 0 Å². The van der Waals surface area contributed by atoms with Crippen LogP contribution in [0.2, 0.25) is 0 Å². The van der Waals surface area contributed by atoms with E-state index in [1.54, 1.807) is 12.4 Å². The second-order valence-electron chi connectivity index (χ2n) is 5.43. The highest BCUT2D eigenvalue weighted by molar-refractivity contribution is 7.98. The number of rotatable bonds is 2. The molecule has 3 heterocycles. The van der Waals surface area contributed by atoms with Gasteiger partial charge in [0.05, 0.1) is 11.3 Å². The van der Waals surface area contributed by atoms with Crippen LogP contribution in [0, 0.1) is 0 Å². The quantitative estimate of drug-likeness (QED) is 0.838. The maximum Gasteiger partial charge on any atom is 0.417 e. The molecule has 0 saturated heterocycles. The van der Waals surface area contributed by atoms with E-state index in [1.807, 2.05) is 31.2 Å². The Labute approximate surface area is 136 Å². The van der Waals surface area contributed by atoms with Gasteiger partial charge >= 0.3 is 6.18 Å². The van der Waals surface area contributed by atoms with E-state index in [4.69, 9.17) is 0 Å². The zero-order chi connectivity index (χ0) is 16.8. The van der Waals surface area contributed by atoms with Crippen LogP contribution in [0.4, 0.5) is 24.7 Å². The van der Waals surface area contributed by atoms with Crippen LogP contribution >= 0.6 is 11.8 Å². The first kappa shape index (κ1) is 15.9. The number of anilines is 2. The first-order valence-corrected chi connectivity index (χ1v) is 8.07. The molecule has 0 aromatic carbocycles. The van der Waals surface area contributed by atoms with E-state index in [-0.39, 0.29) is 0 Å². The highest BCUT2D eigenvalue weighted by Crippen LogP contribution is 2.46. The summed E-state index contributed by atoms with van der Waals surface area (Å²) in [4.78, 5) is 10.9. The molecule has 3 rings (SSSR count). The van der Waals surface area contributed by atoms with Gasteiger partial charge in [0.15, 0.2) is 5.82 Å². The Kier molecular flexibility index (Phi) is 3.66. The lowest BCUT2D eigenvalue weighted by molar-refractivity contribution is -0.137. The molecule has 0 spiro atoms. The molecule has 8 heteroatoms. The fourth-order valence-corrected chi connectivity index (χ4v) is 3.38. The second kappa shape index (κ2) is 5.30. The number of thioether (sulfide) groups is 1. The molecule has 0 amide bonds. The summed E-state index contributed by atoms with van der Waals surface area (Å²) in [5.74, 6) is 0.490. The minimum absolute atomic E-state index is 0.369. The summed E-state index contributed by atoms with van der Waals surface area (Å²) in [5, 5.41) is 3.19. The van der Waals surface area contributed by atoms with Crippen LogP contribution in [-0.4, -0.2) is 23.3 Å². The van der Waals surface area contributed by atoms with E-state index in [2.05, 4.69) is 15.3 Å². The second-order valence-corrected chi connectivity index (χ2v) is 6.27. The molecule has 0 bridgehead atoms. The van der Waals surface area contributed by atoms with E-state index in [9.17, 15) is 13.2 Å². The molecule has 1 atom stereocenters. The van der Waals surface area contributed by atoms with Crippen molar-refractivity contribution in [3.8, 4) is 0 Å². The van der Waals surface area contributed by atoms with Crippen molar-refractivity contribution in [3.63, 3.8) is 0 Å². The Hall–Kier alpha value is -1.96. The first-order chi connectivity index (χ1) is 10.8. The van der Waals surface area contributed by atoms with Crippen LogP contribution in [0.5, 0.6) is 0 Å². The van der Waals surface area contributed by atoms with Crippen LogP contribution in [-0.2, 0) is 11.8 Å². The topological polar surface area (TPSA) is 41.1 Å². The lowest BCUT2D eigenvalue weighted by Gasteiger charge is -2.35. The zero-order valence-electron chi connectivity index (χ0n) is 12.8. The summed E-state index contributed by atoms with van der Waals surface area (Å²) in [6.45, 7) is 1.91. The Balaban J connectivity index is 2.07. The molecule has 2 aromatic rings. The van der Waals surface area contributed by atoms with Gasteiger partial charge in [0.25, 0.3) is 0 Å². The number of alkyl halides is 3. The molecule has 1 unspecified atom stereocenters.